The Kier molecular flexibility index (Phi) is 5.20. The number of hydrogen-bond donors (Lipinski definition) is 1. The number of rotatable bonds is 4. The third-order valence-corrected chi connectivity index (χ3v) is 6.19. The van der Waals surface area contributed by atoms with Crippen molar-refractivity contribution in [2.24, 2.45) is 0 Å². The van der Waals surface area contributed by atoms with Gasteiger partial charge in [0.25, 0.3) is 0 Å². The molecule has 0 spiro atoms. The van der Waals surface area contributed by atoms with Crippen LogP contribution in [-0.4, -0.2) is 63.2 Å². The number of aromatic nitrogens is 2. The second-order valence-corrected chi connectivity index (χ2v) is 8.11. The maximum Gasteiger partial charge on any atom is 0.410 e. The van der Waals surface area contributed by atoms with E-state index >= 15 is 0 Å². The number of fused-ring (bicyclic) bond motifs is 1. The fourth-order valence-electron chi connectivity index (χ4n) is 4.60. The molecule has 0 saturated carbocycles. The summed E-state index contributed by atoms with van der Waals surface area (Å²) in [5.41, 5.74) is 0.483. The van der Waals surface area contributed by atoms with Crippen molar-refractivity contribution in [1.29, 1.82) is 0 Å². The molecule has 2 fully saturated rings. The van der Waals surface area contributed by atoms with E-state index in [0.717, 1.165) is 17.5 Å². The smallest absolute Gasteiger partial charge is 0.367 e. The first-order valence-electron chi connectivity index (χ1n) is 10.3. The van der Waals surface area contributed by atoms with Gasteiger partial charge in [-0.05, 0) is 32.1 Å². The van der Waals surface area contributed by atoms with Crippen LogP contribution < -0.4 is 5.32 Å². The molecule has 0 aromatic carbocycles. The molecular formula is C19H26F3N5O2. The van der Waals surface area contributed by atoms with Crippen LogP contribution in [0.15, 0.2) is 6.07 Å². The van der Waals surface area contributed by atoms with E-state index in [0.29, 0.717) is 43.9 Å². The van der Waals surface area contributed by atoms with Gasteiger partial charge >= 0.3 is 6.18 Å². The summed E-state index contributed by atoms with van der Waals surface area (Å²) in [6, 6.07) is -0.627. The molecule has 0 radical (unpaired) electrons. The molecule has 3 aliphatic rings. The zero-order valence-electron chi connectivity index (χ0n) is 16.4. The van der Waals surface area contributed by atoms with Gasteiger partial charge in [-0.15, -0.1) is 0 Å². The van der Waals surface area contributed by atoms with Crippen LogP contribution in [-0.2, 0) is 9.59 Å². The van der Waals surface area contributed by atoms with E-state index in [1.807, 2.05) is 6.92 Å². The number of hydrogen-bond acceptors (Lipinski definition) is 4. The number of nitrogens with one attached hydrogen (secondary N) is 1. The highest BCUT2D eigenvalue weighted by atomic mass is 19.4. The lowest BCUT2D eigenvalue weighted by atomic mass is 10.0. The molecule has 3 aliphatic heterocycles. The molecule has 10 heteroatoms. The van der Waals surface area contributed by atoms with Gasteiger partial charge in [-0.2, -0.15) is 18.3 Å². The SMILES string of the molecule is CC[C@@H]1C[C@H](C(F)(F)F)n2nc([C@@H]3CCCN3C(=O)CN3CCCC3=O)cc2N1. The Bertz CT molecular complexity index is 793. The van der Waals surface area contributed by atoms with E-state index in [-0.39, 0.29) is 36.9 Å². The van der Waals surface area contributed by atoms with Crippen molar-refractivity contribution in [2.45, 2.75) is 69.8 Å². The molecule has 0 unspecified atom stereocenters. The van der Waals surface area contributed by atoms with E-state index in [2.05, 4.69) is 10.4 Å². The lowest BCUT2D eigenvalue weighted by Crippen LogP contribution is -2.40. The highest BCUT2D eigenvalue weighted by Crippen LogP contribution is 2.42. The first-order valence-corrected chi connectivity index (χ1v) is 10.3. The van der Waals surface area contributed by atoms with E-state index in [4.69, 9.17) is 0 Å². The Hall–Kier alpha value is -2.26. The summed E-state index contributed by atoms with van der Waals surface area (Å²) in [5.74, 6) is 0.171. The molecule has 2 amide bonds. The molecule has 3 atom stereocenters. The fraction of sp³-hybridized carbons (Fsp3) is 0.737. The van der Waals surface area contributed by atoms with Gasteiger partial charge in [-0.25, -0.2) is 4.68 Å². The van der Waals surface area contributed by atoms with Gasteiger partial charge in [0.15, 0.2) is 6.04 Å². The van der Waals surface area contributed by atoms with E-state index in [1.165, 1.54) is 0 Å². The van der Waals surface area contributed by atoms with Crippen molar-refractivity contribution in [3.63, 3.8) is 0 Å². The van der Waals surface area contributed by atoms with Crippen LogP contribution in [0.5, 0.6) is 0 Å². The minimum atomic E-state index is -4.38. The number of alkyl halides is 3. The van der Waals surface area contributed by atoms with Crippen LogP contribution in [0.1, 0.15) is 63.2 Å². The Morgan fingerprint density at radius 3 is 2.76 bits per heavy atom. The van der Waals surface area contributed by atoms with Gasteiger partial charge in [0.1, 0.15) is 5.82 Å². The molecule has 7 nitrogen and oxygen atoms in total. The highest BCUT2D eigenvalue weighted by Gasteiger charge is 2.46. The van der Waals surface area contributed by atoms with Crippen molar-refractivity contribution in [1.82, 2.24) is 19.6 Å². The summed E-state index contributed by atoms with van der Waals surface area (Å²) in [5, 5.41) is 7.43. The lowest BCUT2D eigenvalue weighted by Gasteiger charge is -2.32. The maximum atomic E-state index is 13.6. The predicted molar refractivity (Wildman–Crippen MR) is 99.1 cm³/mol. The molecular weight excluding hydrogens is 387 g/mol. The molecule has 2 saturated heterocycles. The first kappa shape index (κ1) is 20.0. The van der Waals surface area contributed by atoms with Crippen molar-refractivity contribution in [3.05, 3.63) is 11.8 Å². The van der Waals surface area contributed by atoms with Crippen LogP contribution in [0.3, 0.4) is 0 Å². The number of carbonyl (C=O) groups excluding carboxylic acids is 2. The number of carbonyl (C=O) groups is 2. The lowest BCUT2D eigenvalue weighted by molar-refractivity contribution is -0.173. The van der Waals surface area contributed by atoms with Crippen LogP contribution in [0.25, 0.3) is 0 Å². The highest BCUT2D eigenvalue weighted by molar-refractivity contribution is 5.86. The van der Waals surface area contributed by atoms with Crippen LogP contribution in [0.4, 0.5) is 19.0 Å². The number of amides is 2. The topological polar surface area (TPSA) is 70.5 Å². The summed E-state index contributed by atoms with van der Waals surface area (Å²) < 4.78 is 41.8. The largest absolute Gasteiger partial charge is 0.410 e. The quantitative estimate of drug-likeness (QED) is 0.824. The molecule has 160 valence electrons. The third kappa shape index (κ3) is 3.81. The summed E-state index contributed by atoms with van der Waals surface area (Å²) in [4.78, 5) is 27.8. The van der Waals surface area contributed by atoms with Crippen LogP contribution in [0, 0.1) is 0 Å². The van der Waals surface area contributed by atoms with Gasteiger partial charge in [0, 0.05) is 31.6 Å². The predicted octanol–water partition coefficient (Wildman–Crippen LogP) is 2.87. The van der Waals surface area contributed by atoms with Gasteiger partial charge in [-0.1, -0.05) is 6.92 Å². The fourth-order valence-corrected chi connectivity index (χ4v) is 4.60. The second kappa shape index (κ2) is 7.53. The summed E-state index contributed by atoms with van der Waals surface area (Å²) >= 11 is 0. The van der Waals surface area contributed by atoms with Crippen molar-refractivity contribution in [2.75, 3.05) is 25.0 Å². The molecule has 1 N–H and O–H groups in total. The zero-order chi connectivity index (χ0) is 20.8. The Balaban J connectivity index is 1.56. The minimum Gasteiger partial charge on any atom is -0.367 e. The van der Waals surface area contributed by atoms with E-state index < -0.39 is 12.2 Å². The zero-order valence-corrected chi connectivity index (χ0v) is 16.4. The third-order valence-electron chi connectivity index (χ3n) is 6.19. The van der Waals surface area contributed by atoms with Crippen LogP contribution in [0.2, 0.25) is 0 Å². The van der Waals surface area contributed by atoms with Gasteiger partial charge < -0.3 is 15.1 Å². The number of nitrogens with zero attached hydrogens (tertiary/aromatic N) is 4. The Morgan fingerprint density at radius 1 is 1.31 bits per heavy atom. The molecule has 4 rings (SSSR count). The molecule has 29 heavy (non-hydrogen) atoms. The van der Waals surface area contributed by atoms with Gasteiger partial charge in [0.2, 0.25) is 11.8 Å². The molecule has 1 aromatic heterocycles. The van der Waals surface area contributed by atoms with Crippen molar-refractivity contribution < 1.29 is 22.8 Å². The van der Waals surface area contributed by atoms with Crippen molar-refractivity contribution in [3.8, 4) is 0 Å². The summed E-state index contributed by atoms with van der Waals surface area (Å²) in [6.45, 7) is 3.00. The number of anilines is 1. The number of likely N-dealkylation sites (tertiary alicyclic amines) is 2. The Labute approximate surface area is 167 Å². The molecule has 0 aliphatic carbocycles. The second-order valence-electron chi connectivity index (χ2n) is 8.11. The summed E-state index contributed by atoms with van der Waals surface area (Å²) in [6.07, 6.45) is -1.21. The van der Waals surface area contributed by atoms with E-state index in [1.54, 1.807) is 15.9 Å². The average Bonchev–Trinajstić information content (AvgIpc) is 3.39. The molecule has 0 bridgehead atoms. The minimum absolute atomic E-state index is 0.0191. The Morgan fingerprint density at radius 2 is 2.10 bits per heavy atom. The molecule has 4 heterocycles. The maximum absolute atomic E-state index is 13.6. The molecule has 1 aromatic rings. The number of halogens is 3. The van der Waals surface area contributed by atoms with Gasteiger partial charge in [-0.3, -0.25) is 9.59 Å². The average molecular weight is 413 g/mol. The monoisotopic (exact) mass is 413 g/mol. The van der Waals surface area contributed by atoms with E-state index in [9.17, 15) is 22.8 Å². The van der Waals surface area contributed by atoms with Crippen LogP contribution >= 0.6 is 0 Å². The standard InChI is InChI=1S/C19H26F3N5O2/c1-2-12-9-15(19(20,21)22)27-16(23-12)10-13(24-27)14-5-3-8-26(14)18(29)11-25-7-4-6-17(25)28/h10,12,14-15,23H,2-9,11H2,1H3/t12-,14+,15-/m1/s1. The first-order chi connectivity index (χ1) is 13.8. The van der Waals surface area contributed by atoms with Gasteiger partial charge in [0.05, 0.1) is 18.3 Å². The van der Waals surface area contributed by atoms with Crippen molar-refractivity contribution >= 4 is 17.6 Å². The normalized spacial score (nSPS) is 27.3. The summed E-state index contributed by atoms with van der Waals surface area (Å²) in [7, 11) is 0.